The molecule has 0 radical (unpaired) electrons. The van der Waals surface area contributed by atoms with Crippen LogP contribution in [0, 0.1) is 11.3 Å². The molecule has 2 heterocycles. The molecule has 0 fully saturated rings. The number of hydrogen-bond donors (Lipinski definition) is 0. The van der Waals surface area contributed by atoms with Gasteiger partial charge in [0.05, 0.1) is 19.0 Å². The van der Waals surface area contributed by atoms with Gasteiger partial charge in [0.25, 0.3) is 5.56 Å². The van der Waals surface area contributed by atoms with Crippen molar-refractivity contribution in [1.82, 2.24) is 18.7 Å². The van der Waals surface area contributed by atoms with Crippen LogP contribution in [0.15, 0.2) is 45.7 Å². The Kier molecular flexibility index (Phi) is 8.85. The molecule has 0 amide bonds. The Hall–Kier alpha value is -3.31. The average Bonchev–Trinajstić information content (AvgIpc) is 3.13. The van der Waals surface area contributed by atoms with Crippen LogP contribution < -0.4 is 16.0 Å². The summed E-state index contributed by atoms with van der Waals surface area (Å²) < 4.78 is 9.92. The summed E-state index contributed by atoms with van der Waals surface area (Å²) in [6.45, 7) is 8.10. The summed E-state index contributed by atoms with van der Waals surface area (Å²) in [5.74, 6) is 0.639. The number of aryl methyl sites for hydroxylation is 1. The molecule has 2 aromatic heterocycles. The lowest BCUT2D eigenvalue weighted by Crippen LogP contribution is -2.39. The van der Waals surface area contributed by atoms with Gasteiger partial charge in [0.2, 0.25) is 0 Å². The number of halogens is 1. The lowest BCUT2D eigenvalue weighted by Gasteiger charge is -2.11. The first kappa shape index (κ1) is 25.0. The maximum absolute atomic E-state index is 13.2. The number of benzene rings is 1. The normalized spacial score (nSPS) is 11.1. The minimum Gasteiger partial charge on any atom is -0.431 e. The number of aromatic nitrogens is 4. The molecular formula is C23H28ClN5O3. The van der Waals surface area contributed by atoms with Crippen molar-refractivity contribution in [2.45, 2.75) is 53.6 Å². The van der Waals surface area contributed by atoms with Crippen molar-refractivity contribution in [3.8, 4) is 12.1 Å². The quantitative estimate of drug-likeness (QED) is 0.495. The van der Waals surface area contributed by atoms with Gasteiger partial charge < -0.3 is 4.74 Å². The minimum absolute atomic E-state index is 0.00896. The first-order chi connectivity index (χ1) is 15.4. The van der Waals surface area contributed by atoms with E-state index >= 15 is 0 Å². The summed E-state index contributed by atoms with van der Waals surface area (Å²) in [5, 5.41) is 9.49. The minimum atomic E-state index is -0.522. The Labute approximate surface area is 191 Å². The van der Waals surface area contributed by atoms with E-state index in [4.69, 9.17) is 21.6 Å². The molecule has 0 aliphatic carbocycles. The number of hydrogen-bond acceptors (Lipinski definition) is 5. The van der Waals surface area contributed by atoms with Crippen molar-refractivity contribution >= 4 is 22.8 Å². The van der Waals surface area contributed by atoms with Crippen LogP contribution in [-0.2, 0) is 20.1 Å². The van der Waals surface area contributed by atoms with E-state index < -0.39 is 11.2 Å². The van der Waals surface area contributed by atoms with Gasteiger partial charge in [0.1, 0.15) is 5.76 Å². The predicted molar refractivity (Wildman–Crippen MR) is 126 cm³/mol. The smallest absolute Gasteiger partial charge is 0.332 e. The van der Waals surface area contributed by atoms with E-state index in [-0.39, 0.29) is 30.1 Å². The van der Waals surface area contributed by atoms with Crippen LogP contribution in [0.4, 0.5) is 0 Å². The molecule has 1 aromatic carbocycles. The molecule has 0 aliphatic heterocycles. The predicted octanol–water partition coefficient (Wildman–Crippen LogP) is 4.23. The maximum atomic E-state index is 13.2. The highest BCUT2D eigenvalue weighted by Crippen LogP contribution is 2.22. The monoisotopic (exact) mass is 457 g/mol. The number of nitrogens with zero attached hydrogens (tertiary/aromatic N) is 5. The van der Waals surface area contributed by atoms with Gasteiger partial charge in [0, 0.05) is 18.6 Å². The van der Waals surface area contributed by atoms with Crippen LogP contribution in [-0.4, -0.2) is 18.7 Å². The lowest BCUT2D eigenvalue weighted by molar-refractivity contribution is 0.374. The van der Waals surface area contributed by atoms with Crippen LogP contribution in [0.3, 0.4) is 0 Å². The zero-order valence-electron chi connectivity index (χ0n) is 19.1. The number of fused-ring (bicyclic) bond motifs is 1. The fourth-order valence-electron chi connectivity index (χ4n) is 3.18. The van der Waals surface area contributed by atoms with Crippen molar-refractivity contribution < 1.29 is 4.74 Å². The molecule has 0 atom stereocenters. The number of nitriles is 1. The van der Waals surface area contributed by atoms with E-state index in [0.717, 1.165) is 16.6 Å². The summed E-state index contributed by atoms with van der Waals surface area (Å²) in [6, 6.07) is 9.41. The molecule has 8 nitrogen and oxygen atoms in total. The topological polar surface area (TPSA) is 94.8 Å². The molecule has 0 spiro atoms. The third-order valence-corrected chi connectivity index (χ3v) is 4.89. The van der Waals surface area contributed by atoms with Gasteiger partial charge in [-0.3, -0.25) is 18.5 Å². The second-order valence-corrected chi connectivity index (χ2v) is 7.25. The molecule has 0 unspecified atom stereocenters. The Morgan fingerprint density at radius 2 is 1.88 bits per heavy atom. The summed E-state index contributed by atoms with van der Waals surface area (Å²) in [7, 11) is 1.55. The molecule has 0 N–H and O–H groups in total. The van der Waals surface area contributed by atoms with Crippen LogP contribution >= 0.6 is 11.6 Å². The van der Waals surface area contributed by atoms with E-state index in [1.54, 1.807) is 30.7 Å². The molecule has 3 rings (SSSR count). The van der Waals surface area contributed by atoms with E-state index in [0.29, 0.717) is 17.3 Å². The first-order valence-electron chi connectivity index (χ1n) is 10.5. The summed E-state index contributed by atoms with van der Waals surface area (Å²) in [6.07, 6.45) is 2.73. The largest absolute Gasteiger partial charge is 0.431 e. The molecule has 3 aromatic rings. The highest BCUT2D eigenvalue weighted by Gasteiger charge is 2.21. The van der Waals surface area contributed by atoms with Gasteiger partial charge in [-0.05, 0) is 37.1 Å². The van der Waals surface area contributed by atoms with Gasteiger partial charge in [-0.2, -0.15) is 10.2 Å². The molecular weight excluding hydrogens is 430 g/mol. The highest BCUT2D eigenvalue weighted by atomic mass is 35.5. The SMILES string of the molecule is CC.CC/C=C(\C)Oc1nc2c(c(=O)n(CCC#N)c(=O)n2C)n1Cc1ccc(Cl)cc1. The van der Waals surface area contributed by atoms with Gasteiger partial charge in [-0.15, -0.1) is 0 Å². The maximum Gasteiger partial charge on any atom is 0.332 e. The first-order valence-corrected chi connectivity index (χ1v) is 10.9. The Balaban J connectivity index is 0.00000176. The van der Waals surface area contributed by atoms with E-state index in [1.807, 2.05) is 45.0 Å². The Bertz CT molecular complexity index is 1260. The number of rotatable bonds is 7. The lowest BCUT2D eigenvalue weighted by atomic mass is 10.2. The standard InChI is InChI=1S/C21H22ClN5O3.C2H6/c1-4-6-14(2)30-20-24-18-17(27(20)13-15-7-9-16(22)10-8-15)19(28)26(12-5-11-23)21(29)25(18)3;1-2/h6-10H,4-5,12-13H2,1-3H3;1-2H3/b14-6+;. The molecule has 9 heteroatoms. The molecule has 32 heavy (non-hydrogen) atoms. The van der Waals surface area contributed by atoms with Crippen molar-refractivity contribution in [3.63, 3.8) is 0 Å². The summed E-state index contributed by atoms with van der Waals surface area (Å²) >= 11 is 5.99. The van der Waals surface area contributed by atoms with E-state index in [9.17, 15) is 9.59 Å². The van der Waals surface area contributed by atoms with Crippen molar-refractivity contribution in [2.24, 2.45) is 7.05 Å². The van der Waals surface area contributed by atoms with Crippen LogP contribution in [0.1, 0.15) is 46.1 Å². The third kappa shape index (κ3) is 5.29. The zero-order chi connectivity index (χ0) is 23.8. The Morgan fingerprint density at radius 1 is 1.22 bits per heavy atom. The number of ether oxygens (including phenoxy) is 1. The summed E-state index contributed by atoms with van der Waals surface area (Å²) in [4.78, 5) is 30.3. The van der Waals surface area contributed by atoms with E-state index in [2.05, 4.69) is 4.98 Å². The van der Waals surface area contributed by atoms with Crippen molar-refractivity contribution in [2.75, 3.05) is 0 Å². The highest BCUT2D eigenvalue weighted by molar-refractivity contribution is 6.30. The van der Waals surface area contributed by atoms with Crippen LogP contribution in [0.2, 0.25) is 5.02 Å². The second kappa shape index (κ2) is 11.3. The molecule has 0 aliphatic rings. The van der Waals surface area contributed by atoms with Gasteiger partial charge >= 0.3 is 11.7 Å². The molecule has 0 bridgehead atoms. The van der Waals surface area contributed by atoms with Crippen LogP contribution in [0.25, 0.3) is 11.2 Å². The van der Waals surface area contributed by atoms with Gasteiger partial charge in [0.15, 0.2) is 11.2 Å². The molecule has 0 saturated heterocycles. The number of allylic oxidation sites excluding steroid dienone is 2. The fourth-order valence-corrected chi connectivity index (χ4v) is 3.31. The fraction of sp³-hybridized carbons (Fsp3) is 0.391. The zero-order valence-corrected chi connectivity index (χ0v) is 19.8. The third-order valence-electron chi connectivity index (χ3n) is 4.64. The van der Waals surface area contributed by atoms with Gasteiger partial charge in [-0.25, -0.2) is 4.79 Å². The van der Waals surface area contributed by atoms with E-state index in [1.165, 1.54) is 4.57 Å². The summed E-state index contributed by atoms with van der Waals surface area (Å²) in [5.41, 5.74) is 0.330. The molecule has 0 saturated carbocycles. The van der Waals surface area contributed by atoms with Gasteiger partial charge in [-0.1, -0.05) is 44.5 Å². The van der Waals surface area contributed by atoms with Crippen LogP contribution in [0.5, 0.6) is 6.01 Å². The van der Waals surface area contributed by atoms with Crippen molar-refractivity contribution in [1.29, 1.82) is 5.26 Å². The number of imidazole rings is 1. The second-order valence-electron chi connectivity index (χ2n) is 6.81. The average molecular weight is 458 g/mol. The molecule has 170 valence electrons. The Morgan fingerprint density at radius 3 is 2.47 bits per heavy atom. The van der Waals surface area contributed by atoms with Crippen molar-refractivity contribution in [3.05, 3.63) is 67.5 Å².